The van der Waals surface area contributed by atoms with Crippen molar-refractivity contribution in [2.24, 2.45) is 11.5 Å². The normalized spacial score (nSPS) is 20.7. The van der Waals surface area contributed by atoms with E-state index in [1.807, 2.05) is 73.1 Å². The van der Waals surface area contributed by atoms with Crippen molar-refractivity contribution in [2.45, 2.75) is 37.0 Å². The maximum Gasteiger partial charge on any atom is 0.250 e. The summed E-state index contributed by atoms with van der Waals surface area (Å²) in [4.78, 5) is 23.1. The molecule has 256 valence electrons. The van der Waals surface area contributed by atoms with Gasteiger partial charge in [-0.2, -0.15) is 10.2 Å². The highest BCUT2D eigenvalue weighted by atomic mass is 19.1. The standard InChI is InChI=1S/2C19H19FN4O/c2*20-19(9-2-10-22-12-19)14-5-7-15(8-6-14)24-11-13-3-1-4-16(18(21)25)17(13)23-24/h2*1,3-8,11,22H,2,9-10,12H2,(H2,21,25)/t2*19-/m10/s1. The second kappa shape index (κ2) is 13.4. The maximum absolute atomic E-state index is 15.0. The van der Waals surface area contributed by atoms with Crippen molar-refractivity contribution < 1.29 is 18.4 Å². The minimum absolute atomic E-state index is 0.347. The molecule has 0 radical (unpaired) electrons. The highest BCUT2D eigenvalue weighted by Crippen LogP contribution is 2.34. The van der Waals surface area contributed by atoms with Gasteiger partial charge in [0.1, 0.15) is 22.4 Å². The average Bonchev–Trinajstić information content (AvgIpc) is 3.78. The van der Waals surface area contributed by atoms with Crippen LogP contribution in [0, 0.1) is 0 Å². The van der Waals surface area contributed by atoms with Crippen LogP contribution in [0.5, 0.6) is 0 Å². The van der Waals surface area contributed by atoms with Gasteiger partial charge in [-0.25, -0.2) is 18.1 Å². The molecule has 2 fully saturated rings. The quantitative estimate of drug-likeness (QED) is 0.187. The van der Waals surface area contributed by atoms with Crippen LogP contribution >= 0.6 is 0 Å². The summed E-state index contributed by atoms with van der Waals surface area (Å²) in [5.41, 5.74) is 13.1. The van der Waals surface area contributed by atoms with Gasteiger partial charge in [-0.05, 0) is 86.3 Å². The number of fused-ring (bicyclic) bond motifs is 2. The summed E-state index contributed by atoms with van der Waals surface area (Å²) in [7, 11) is 0. The Labute approximate surface area is 287 Å². The van der Waals surface area contributed by atoms with E-state index >= 15 is 8.78 Å². The summed E-state index contributed by atoms with van der Waals surface area (Å²) in [6.45, 7) is 2.43. The molecule has 2 amide bonds. The molecule has 2 saturated heterocycles. The fourth-order valence-corrected chi connectivity index (χ4v) is 6.81. The molecule has 6 aromatic rings. The van der Waals surface area contributed by atoms with Gasteiger partial charge in [-0.3, -0.25) is 9.59 Å². The minimum Gasteiger partial charge on any atom is -0.366 e. The predicted octanol–water partition coefficient (Wildman–Crippen LogP) is 5.35. The van der Waals surface area contributed by atoms with Gasteiger partial charge in [-0.1, -0.05) is 48.5 Å². The summed E-state index contributed by atoms with van der Waals surface area (Å²) >= 11 is 0. The summed E-state index contributed by atoms with van der Waals surface area (Å²) in [6.07, 6.45) is 6.41. The van der Waals surface area contributed by atoms with Crippen LogP contribution < -0.4 is 22.1 Å². The lowest BCUT2D eigenvalue weighted by Gasteiger charge is -2.30. The number of primary amides is 2. The van der Waals surface area contributed by atoms with E-state index in [9.17, 15) is 9.59 Å². The molecule has 0 saturated carbocycles. The van der Waals surface area contributed by atoms with Crippen molar-refractivity contribution in [3.63, 3.8) is 0 Å². The Morgan fingerprint density at radius 2 is 1.02 bits per heavy atom. The first-order valence-corrected chi connectivity index (χ1v) is 16.7. The number of hydrogen-bond acceptors (Lipinski definition) is 6. The summed E-state index contributed by atoms with van der Waals surface area (Å²) in [5, 5.41) is 16.8. The lowest BCUT2D eigenvalue weighted by Crippen LogP contribution is -2.40. The van der Waals surface area contributed by atoms with Crippen LogP contribution in [0.2, 0.25) is 0 Å². The third kappa shape index (κ3) is 6.47. The molecule has 12 heteroatoms. The summed E-state index contributed by atoms with van der Waals surface area (Å²) in [6, 6.07) is 25.3. The molecular weight excluding hydrogens is 638 g/mol. The van der Waals surface area contributed by atoms with Gasteiger partial charge in [0.15, 0.2) is 0 Å². The van der Waals surface area contributed by atoms with E-state index < -0.39 is 23.2 Å². The largest absolute Gasteiger partial charge is 0.366 e. The van der Waals surface area contributed by atoms with Gasteiger partial charge in [0, 0.05) is 36.3 Å². The number of hydrogen-bond donors (Lipinski definition) is 4. The van der Waals surface area contributed by atoms with Crippen molar-refractivity contribution in [1.82, 2.24) is 30.2 Å². The lowest BCUT2D eigenvalue weighted by atomic mass is 9.88. The molecule has 2 aromatic heterocycles. The molecule has 10 nitrogen and oxygen atoms in total. The van der Waals surface area contributed by atoms with Gasteiger partial charge in [-0.15, -0.1) is 0 Å². The van der Waals surface area contributed by atoms with Gasteiger partial charge >= 0.3 is 0 Å². The summed E-state index contributed by atoms with van der Waals surface area (Å²) in [5.74, 6) is -1.01. The monoisotopic (exact) mass is 676 g/mol. The number of rotatable bonds is 6. The number of amides is 2. The van der Waals surface area contributed by atoms with E-state index in [2.05, 4.69) is 20.8 Å². The fraction of sp³-hybridized carbons (Fsp3) is 0.263. The molecule has 0 bridgehead atoms. The van der Waals surface area contributed by atoms with Gasteiger partial charge in [0.2, 0.25) is 0 Å². The first-order chi connectivity index (χ1) is 24.1. The topological polar surface area (TPSA) is 146 Å². The predicted molar refractivity (Wildman–Crippen MR) is 189 cm³/mol. The van der Waals surface area contributed by atoms with Gasteiger partial charge in [0.25, 0.3) is 11.8 Å². The van der Waals surface area contributed by atoms with Crippen LogP contribution in [-0.4, -0.2) is 57.6 Å². The molecular formula is C38H38F2N8O2. The number of piperidine rings is 2. The van der Waals surface area contributed by atoms with E-state index in [1.165, 1.54) is 0 Å². The average molecular weight is 677 g/mol. The number of aromatic nitrogens is 4. The van der Waals surface area contributed by atoms with Crippen molar-refractivity contribution in [1.29, 1.82) is 0 Å². The Hall–Kier alpha value is -5.46. The smallest absolute Gasteiger partial charge is 0.250 e. The minimum atomic E-state index is -1.31. The highest BCUT2D eigenvalue weighted by Gasteiger charge is 2.34. The number of halogens is 2. The second-order valence-corrected chi connectivity index (χ2v) is 12.9. The Morgan fingerprint density at radius 1 is 0.620 bits per heavy atom. The molecule has 0 unspecified atom stereocenters. The molecule has 6 N–H and O–H groups in total. The zero-order chi connectivity index (χ0) is 34.9. The number of benzene rings is 4. The van der Waals surface area contributed by atoms with Crippen molar-refractivity contribution >= 4 is 33.6 Å². The van der Waals surface area contributed by atoms with Crippen molar-refractivity contribution in [3.8, 4) is 11.4 Å². The first-order valence-electron chi connectivity index (χ1n) is 16.7. The second-order valence-electron chi connectivity index (χ2n) is 12.9. The van der Waals surface area contributed by atoms with Gasteiger partial charge in [0.05, 0.1) is 22.5 Å². The zero-order valence-corrected chi connectivity index (χ0v) is 27.4. The zero-order valence-electron chi connectivity index (χ0n) is 27.4. The Kier molecular flexibility index (Phi) is 8.89. The Balaban J connectivity index is 0.000000157. The van der Waals surface area contributed by atoms with E-state index in [-0.39, 0.29) is 0 Å². The molecule has 4 heterocycles. The van der Waals surface area contributed by atoms with Crippen LogP contribution in [0.4, 0.5) is 8.78 Å². The molecule has 0 spiro atoms. The number of nitrogens with one attached hydrogen (secondary N) is 2. The number of nitrogens with two attached hydrogens (primary N) is 2. The Morgan fingerprint density at radius 3 is 1.36 bits per heavy atom. The summed E-state index contributed by atoms with van der Waals surface area (Å²) < 4.78 is 33.4. The number of alkyl halides is 2. The van der Waals surface area contributed by atoms with Crippen LogP contribution in [0.25, 0.3) is 33.2 Å². The first kappa shape index (κ1) is 33.1. The lowest BCUT2D eigenvalue weighted by molar-refractivity contribution is 0.0993. The third-order valence-electron chi connectivity index (χ3n) is 9.57. The van der Waals surface area contributed by atoms with Gasteiger partial charge < -0.3 is 22.1 Å². The van der Waals surface area contributed by atoms with Crippen LogP contribution in [-0.2, 0) is 11.3 Å². The molecule has 2 atom stereocenters. The number of carbonyl (C=O) groups is 2. The maximum atomic E-state index is 15.0. The van der Waals surface area contributed by atoms with Crippen LogP contribution in [0.15, 0.2) is 97.3 Å². The molecule has 50 heavy (non-hydrogen) atoms. The highest BCUT2D eigenvalue weighted by molar-refractivity contribution is 6.05. The van der Waals surface area contributed by atoms with Crippen molar-refractivity contribution in [2.75, 3.05) is 26.2 Å². The SMILES string of the molecule is NC(=O)c1cccc2cn(-c3ccc([C@@]4(F)CCCNC4)cc3)nc12.NC(=O)c1cccc2cn(-c3ccc([C@]4(F)CCCNC4)cc3)nc12. The molecule has 0 aliphatic carbocycles. The van der Waals surface area contributed by atoms with Crippen molar-refractivity contribution in [3.05, 3.63) is 120 Å². The van der Waals surface area contributed by atoms with E-state index in [1.54, 1.807) is 33.6 Å². The number of nitrogens with zero attached hydrogens (tertiary/aromatic N) is 4. The molecule has 4 aromatic carbocycles. The third-order valence-corrected chi connectivity index (χ3v) is 9.57. The Bertz CT molecular complexity index is 2010. The van der Waals surface area contributed by atoms with E-state index in [0.29, 0.717) is 59.2 Å². The van der Waals surface area contributed by atoms with Crippen LogP contribution in [0.1, 0.15) is 57.5 Å². The van der Waals surface area contributed by atoms with Crippen LogP contribution in [0.3, 0.4) is 0 Å². The molecule has 8 rings (SSSR count). The van der Waals surface area contributed by atoms with E-state index in [0.717, 1.165) is 48.1 Å². The molecule has 2 aliphatic heterocycles. The number of carbonyl (C=O) groups excluding carboxylic acids is 2. The van der Waals surface area contributed by atoms with E-state index in [4.69, 9.17) is 11.5 Å². The fourth-order valence-electron chi connectivity index (χ4n) is 6.81. The molecule has 2 aliphatic rings.